The van der Waals surface area contributed by atoms with Crippen LogP contribution in [0.4, 0.5) is 0 Å². The van der Waals surface area contributed by atoms with Gasteiger partial charge in [-0.25, -0.2) is 8.42 Å². The summed E-state index contributed by atoms with van der Waals surface area (Å²) >= 11 is 0. The average Bonchev–Trinajstić information content (AvgIpc) is 2.36. The van der Waals surface area contributed by atoms with E-state index in [0.717, 1.165) is 0 Å². The van der Waals surface area contributed by atoms with Crippen LogP contribution in [0, 0.1) is 6.92 Å². The molecule has 8 nitrogen and oxygen atoms in total. The second kappa shape index (κ2) is 6.55. The minimum atomic E-state index is -4.23. The van der Waals surface area contributed by atoms with Crippen molar-refractivity contribution in [1.82, 2.24) is 4.31 Å². The molecule has 0 unspecified atom stereocenters. The summed E-state index contributed by atoms with van der Waals surface area (Å²) in [7, 11) is -2.94. The molecule has 0 fully saturated rings. The number of aliphatic carboxylic acids is 1. The number of sulfonamides is 1. The first kappa shape index (κ1) is 16.9. The van der Waals surface area contributed by atoms with Crippen LogP contribution in [0.5, 0.6) is 5.75 Å². The molecule has 0 heterocycles. The standard InChI is InChI=1S/C12H16N2O6S/c1-8-3-4-9(20-2)10(5-8)21(18,19)14(6-11(13)15)7-12(16)17/h3-5H,6-7H2,1-2H3,(H2,13,15)(H,16,17). The highest BCUT2D eigenvalue weighted by atomic mass is 32.2. The summed E-state index contributed by atoms with van der Waals surface area (Å²) in [6, 6.07) is 4.43. The van der Waals surface area contributed by atoms with Gasteiger partial charge in [0.05, 0.1) is 13.7 Å². The van der Waals surface area contributed by atoms with Crippen LogP contribution in [0.2, 0.25) is 0 Å². The molecule has 0 aliphatic heterocycles. The molecule has 9 heteroatoms. The van der Waals surface area contributed by atoms with Crippen LogP contribution in [0.3, 0.4) is 0 Å². The third-order valence-corrected chi connectivity index (χ3v) is 4.39. The van der Waals surface area contributed by atoms with Gasteiger partial charge in [0.15, 0.2) is 0 Å². The zero-order valence-electron chi connectivity index (χ0n) is 11.6. The summed E-state index contributed by atoms with van der Waals surface area (Å²) in [5.74, 6) is -2.29. The molecule has 21 heavy (non-hydrogen) atoms. The first-order valence-corrected chi connectivity index (χ1v) is 7.27. The number of methoxy groups -OCH3 is 1. The van der Waals surface area contributed by atoms with Gasteiger partial charge in [0.1, 0.15) is 17.2 Å². The molecule has 0 radical (unpaired) electrons. The van der Waals surface area contributed by atoms with Crippen LogP contribution in [-0.4, -0.2) is 49.9 Å². The van der Waals surface area contributed by atoms with Crippen LogP contribution in [0.15, 0.2) is 23.1 Å². The molecule has 0 saturated carbocycles. The Kier molecular flexibility index (Phi) is 5.28. The first-order chi connectivity index (χ1) is 9.68. The quantitative estimate of drug-likeness (QED) is 0.702. The number of nitrogens with zero attached hydrogens (tertiary/aromatic N) is 1. The molecule has 1 rings (SSSR count). The fourth-order valence-electron chi connectivity index (χ4n) is 1.68. The number of hydrogen-bond donors (Lipinski definition) is 2. The van der Waals surface area contributed by atoms with Crippen molar-refractivity contribution < 1.29 is 27.9 Å². The van der Waals surface area contributed by atoms with Crippen LogP contribution in [-0.2, 0) is 19.6 Å². The van der Waals surface area contributed by atoms with Crippen molar-refractivity contribution in [2.75, 3.05) is 20.2 Å². The largest absolute Gasteiger partial charge is 0.495 e. The second-order valence-corrected chi connectivity index (χ2v) is 6.19. The number of carbonyl (C=O) groups excluding carboxylic acids is 1. The van der Waals surface area contributed by atoms with Gasteiger partial charge in [-0.3, -0.25) is 9.59 Å². The van der Waals surface area contributed by atoms with Gasteiger partial charge in [0.2, 0.25) is 15.9 Å². The van der Waals surface area contributed by atoms with E-state index in [1.165, 1.54) is 19.2 Å². The molecule has 1 amide bonds. The van der Waals surface area contributed by atoms with Crippen molar-refractivity contribution in [3.05, 3.63) is 23.8 Å². The molecule has 1 aromatic carbocycles. The lowest BCUT2D eigenvalue weighted by molar-refractivity contribution is -0.137. The molecule has 1 aromatic rings. The summed E-state index contributed by atoms with van der Waals surface area (Å²) < 4.78 is 30.5. The highest BCUT2D eigenvalue weighted by Gasteiger charge is 2.30. The lowest BCUT2D eigenvalue weighted by Crippen LogP contribution is -2.41. The minimum Gasteiger partial charge on any atom is -0.495 e. The van der Waals surface area contributed by atoms with E-state index in [2.05, 4.69) is 0 Å². The number of hydrogen-bond acceptors (Lipinski definition) is 5. The third kappa shape index (κ3) is 4.17. The van der Waals surface area contributed by atoms with Crippen molar-refractivity contribution in [2.45, 2.75) is 11.8 Å². The number of ether oxygens (including phenoxy) is 1. The smallest absolute Gasteiger partial charge is 0.318 e. The number of nitrogens with two attached hydrogens (primary N) is 1. The molecule has 116 valence electrons. The van der Waals surface area contributed by atoms with Crippen molar-refractivity contribution in [1.29, 1.82) is 0 Å². The number of primary amides is 1. The first-order valence-electron chi connectivity index (χ1n) is 5.83. The van der Waals surface area contributed by atoms with Gasteiger partial charge in [-0.05, 0) is 24.6 Å². The van der Waals surface area contributed by atoms with Gasteiger partial charge in [-0.15, -0.1) is 0 Å². The number of carboxylic acids is 1. The van der Waals surface area contributed by atoms with E-state index >= 15 is 0 Å². The topological polar surface area (TPSA) is 127 Å². The maximum atomic E-state index is 12.5. The van der Waals surface area contributed by atoms with E-state index in [4.69, 9.17) is 15.6 Å². The molecule has 0 aromatic heterocycles. The highest BCUT2D eigenvalue weighted by Crippen LogP contribution is 2.27. The molecular formula is C12H16N2O6S. The Labute approximate surface area is 122 Å². The van der Waals surface area contributed by atoms with Crippen LogP contribution < -0.4 is 10.5 Å². The summed E-state index contributed by atoms with van der Waals surface area (Å²) in [5.41, 5.74) is 5.62. The Morgan fingerprint density at radius 3 is 2.43 bits per heavy atom. The van der Waals surface area contributed by atoms with E-state index in [1.54, 1.807) is 13.0 Å². The Balaban J connectivity index is 3.37. The molecule has 3 N–H and O–H groups in total. The average molecular weight is 316 g/mol. The zero-order valence-corrected chi connectivity index (χ0v) is 12.4. The molecule has 0 bridgehead atoms. The highest BCUT2D eigenvalue weighted by molar-refractivity contribution is 7.89. The monoisotopic (exact) mass is 316 g/mol. The van der Waals surface area contributed by atoms with E-state index in [1.807, 2.05) is 0 Å². The summed E-state index contributed by atoms with van der Waals surface area (Å²) in [6.07, 6.45) is 0. The molecule has 0 aliphatic carbocycles. The number of carboxylic acid groups (broad SMARTS) is 1. The van der Waals surface area contributed by atoms with Crippen molar-refractivity contribution in [3.63, 3.8) is 0 Å². The number of aryl methyl sites for hydroxylation is 1. The lowest BCUT2D eigenvalue weighted by atomic mass is 10.2. The molecule has 0 aliphatic rings. The predicted octanol–water partition coefficient (Wildman–Crippen LogP) is -0.436. The number of carbonyl (C=O) groups is 2. The van der Waals surface area contributed by atoms with Crippen LogP contribution in [0.1, 0.15) is 5.56 Å². The van der Waals surface area contributed by atoms with E-state index in [0.29, 0.717) is 9.87 Å². The lowest BCUT2D eigenvalue weighted by Gasteiger charge is -2.20. The predicted molar refractivity (Wildman–Crippen MR) is 73.3 cm³/mol. The maximum absolute atomic E-state index is 12.5. The normalized spacial score (nSPS) is 11.4. The Morgan fingerprint density at radius 1 is 1.33 bits per heavy atom. The van der Waals surface area contributed by atoms with Gasteiger partial charge in [-0.2, -0.15) is 4.31 Å². The van der Waals surface area contributed by atoms with Crippen LogP contribution >= 0.6 is 0 Å². The van der Waals surface area contributed by atoms with Gasteiger partial charge < -0.3 is 15.6 Å². The Bertz CT molecular complexity index is 640. The van der Waals surface area contributed by atoms with E-state index in [-0.39, 0.29) is 10.6 Å². The van der Waals surface area contributed by atoms with Crippen LogP contribution in [0.25, 0.3) is 0 Å². The Hall–Kier alpha value is -2.13. The molecule has 0 saturated heterocycles. The summed E-state index contributed by atoms with van der Waals surface area (Å²) in [6.45, 7) is 0.0716. The third-order valence-electron chi connectivity index (χ3n) is 2.58. The molecule has 0 atom stereocenters. The molecular weight excluding hydrogens is 300 g/mol. The van der Waals surface area contributed by atoms with Gasteiger partial charge in [-0.1, -0.05) is 6.07 Å². The summed E-state index contributed by atoms with van der Waals surface area (Å²) in [4.78, 5) is 21.6. The minimum absolute atomic E-state index is 0.0560. The SMILES string of the molecule is COc1ccc(C)cc1S(=O)(=O)N(CC(N)=O)CC(=O)O. The molecule has 0 spiro atoms. The van der Waals surface area contributed by atoms with E-state index in [9.17, 15) is 18.0 Å². The van der Waals surface area contributed by atoms with Crippen molar-refractivity contribution in [2.24, 2.45) is 5.73 Å². The van der Waals surface area contributed by atoms with E-state index < -0.39 is 35.0 Å². The summed E-state index contributed by atoms with van der Waals surface area (Å²) in [5, 5.41) is 8.80. The fraction of sp³-hybridized carbons (Fsp3) is 0.333. The maximum Gasteiger partial charge on any atom is 0.318 e. The fourth-order valence-corrected chi connectivity index (χ4v) is 3.27. The zero-order chi connectivity index (χ0) is 16.2. The number of benzene rings is 1. The number of amides is 1. The second-order valence-electron chi connectivity index (χ2n) is 4.29. The Morgan fingerprint density at radius 2 is 1.95 bits per heavy atom. The van der Waals surface area contributed by atoms with Gasteiger partial charge >= 0.3 is 5.97 Å². The van der Waals surface area contributed by atoms with Crippen molar-refractivity contribution >= 4 is 21.9 Å². The van der Waals surface area contributed by atoms with Gasteiger partial charge in [0, 0.05) is 0 Å². The number of rotatable bonds is 7. The van der Waals surface area contributed by atoms with Crippen molar-refractivity contribution in [3.8, 4) is 5.75 Å². The van der Waals surface area contributed by atoms with Gasteiger partial charge in [0.25, 0.3) is 0 Å².